The lowest BCUT2D eigenvalue weighted by molar-refractivity contribution is -0.192. The van der Waals surface area contributed by atoms with E-state index < -0.39 is 12.1 Å². The molecule has 0 atom stereocenters. The average molecular weight is 710 g/mol. The van der Waals surface area contributed by atoms with E-state index in [-0.39, 0.29) is 11.7 Å². The fraction of sp³-hybridized carbons (Fsp3) is 0.581. The molecule has 46 heavy (non-hydrogen) atoms. The second-order valence-corrected chi connectivity index (χ2v) is 12.9. The van der Waals surface area contributed by atoms with Gasteiger partial charge in [-0.1, -0.05) is 25.0 Å². The Balaban J connectivity index is 0.000000617. The molecule has 1 amide bonds. The number of hydrogen-bond donors (Lipinski definition) is 2. The lowest BCUT2D eigenvalue weighted by Gasteiger charge is -2.42. The number of nitriles is 1. The minimum absolute atomic E-state index is 0.0808. The van der Waals surface area contributed by atoms with Crippen molar-refractivity contribution >= 4 is 33.6 Å². The van der Waals surface area contributed by atoms with Gasteiger partial charge in [-0.25, -0.2) is 9.78 Å². The number of likely N-dealkylation sites (tertiary alicyclic amines) is 1. The first kappa shape index (κ1) is 35.5. The fourth-order valence-electron chi connectivity index (χ4n) is 6.12. The van der Waals surface area contributed by atoms with Crippen LogP contribution in [-0.4, -0.2) is 107 Å². The van der Waals surface area contributed by atoms with Crippen molar-refractivity contribution < 1.29 is 27.9 Å². The van der Waals surface area contributed by atoms with E-state index in [1.54, 1.807) is 11.2 Å². The number of rotatable bonds is 8. The van der Waals surface area contributed by atoms with E-state index in [1.807, 2.05) is 24.3 Å². The van der Waals surface area contributed by atoms with Crippen molar-refractivity contribution in [3.63, 3.8) is 0 Å². The topological polar surface area (TPSA) is 129 Å². The Bertz CT molecular complexity index is 1370. The predicted octanol–water partition coefficient (Wildman–Crippen LogP) is 4.30. The summed E-state index contributed by atoms with van der Waals surface area (Å²) in [5.74, 6) is -1.86. The standard InChI is InChI=1S/C29H39BrN8O.C2HF3O2/c1-35-13-15-37(16-14-35)25-9-11-36(12-10-25)20-23-7-4-8-24(17-23)29(39)34-38(21-22-5-2-3-6-22)28-26(30)19-32-27(18-31)33-28;3-2(4,5)1(6)7/h4,7-8,17,19,22,25H,2-3,5-6,9-16,20-21H2,1H3,(H,34,39);(H,6,7). The Morgan fingerprint density at radius 2 is 1.76 bits per heavy atom. The van der Waals surface area contributed by atoms with Crippen LogP contribution < -0.4 is 10.4 Å². The van der Waals surface area contributed by atoms with Crippen LogP contribution in [0.5, 0.6) is 0 Å². The molecule has 0 bridgehead atoms. The van der Waals surface area contributed by atoms with Gasteiger partial charge in [0.25, 0.3) is 5.91 Å². The molecule has 2 aliphatic heterocycles. The first-order valence-electron chi connectivity index (χ1n) is 15.5. The van der Waals surface area contributed by atoms with Gasteiger partial charge < -0.3 is 10.0 Å². The lowest BCUT2D eigenvalue weighted by atomic mass is 10.0. The zero-order valence-corrected chi connectivity index (χ0v) is 27.4. The van der Waals surface area contributed by atoms with Gasteiger partial charge in [-0.2, -0.15) is 23.4 Å². The SMILES string of the molecule is CN1CCN(C2CCN(Cc3cccc(C(=O)NN(CC4CCCC4)c4nc(C#N)ncc4Br)c3)CC2)CC1.O=C(O)C(F)(F)F. The molecule has 2 aromatic rings. The molecular formula is C31H40BrF3N8O3. The third-order valence-electron chi connectivity index (χ3n) is 8.68. The largest absolute Gasteiger partial charge is 0.490 e. The molecule has 250 valence electrons. The van der Waals surface area contributed by atoms with E-state index in [0.717, 1.165) is 38.0 Å². The normalized spacial score (nSPS) is 18.8. The number of hydrazine groups is 1. The number of piperidine rings is 1. The number of anilines is 1. The number of benzene rings is 1. The van der Waals surface area contributed by atoms with Crippen LogP contribution in [0.2, 0.25) is 0 Å². The van der Waals surface area contributed by atoms with Crippen LogP contribution in [0.1, 0.15) is 60.3 Å². The first-order chi connectivity index (χ1) is 21.9. The van der Waals surface area contributed by atoms with Crippen LogP contribution in [0.3, 0.4) is 0 Å². The van der Waals surface area contributed by atoms with Crippen molar-refractivity contribution in [1.29, 1.82) is 5.26 Å². The van der Waals surface area contributed by atoms with Gasteiger partial charge in [-0.3, -0.25) is 25.0 Å². The minimum Gasteiger partial charge on any atom is -0.475 e. The van der Waals surface area contributed by atoms with Gasteiger partial charge in [0.05, 0.1) is 4.47 Å². The van der Waals surface area contributed by atoms with Gasteiger partial charge in [-0.05, 0) is 85.4 Å². The molecule has 2 N–H and O–H groups in total. The van der Waals surface area contributed by atoms with Crippen LogP contribution >= 0.6 is 15.9 Å². The van der Waals surface area contributed by atoms with Crippen LogP contribution in [-0.2, 0) is 11.3 Å². The monoisotopic (exact) mass is 708 g/mol. The highest BCUT2D eigenvalue weighted by molar-refractivity contribution is 9.10. The third-order valence-corrected chi connectivity index (χ3v) is 9.24. The maximum Gasteiger partial charge on any atom is 0.490 e. The van der Waals surface area contributed by atoms with E-state index in [9.17, 15) is 23.2 Å². The number of halogens is 4. The van der Waals surface area contributed by atoms with E-state index in [4.69, 9.17) is 9.90 Å². The van der Waals surface area contributed by atoms with Crippen LogP contribution in [0.15, 0.2) is 34.9 Å². The Morgan fingerprint density at radius 3 is 2.37 bits per heavy atom. The second-order valence-electron chi connectivity index (χ2n) is 12.0. The number of alkyl halides is 3. The zero-order valence-electron chi connectivity index (χ0n) is 25.8. The van der Waals surface area contributed by atoms with Crippen molar-refractivity contribution in [2.24, 2.45) is 5.92 Å². The van der Waals surface area contributed by atoms with E-state index >= 15 is 0 Å². The van der Waals surface area contributed by atoms with Crippen LogP contribution in [0, 0.1) is 17.2 Å². The van der Waals surface area contributed by atoms with Gasteiger partial charge in [-0.15, -0.1) is 0 Å². The highest BCUT2D eigenvalue weighted by Gasteiger charge is 2.38. The van der Waals surface area contributed by atoms with Crippen molar-refractivity contribution in [3.8, 4) is 6.07 Å². The van der Waals surface area contributed by atoms with Gasteiger partial charge in [0.2, 0.25) is 5.82 Å². The highest BCUT2D eigenvalue weighted by Crippen LogP contribution is 2.29. The van der Waals surface area contributed by atoms with Gasteiger partial charge >= 0.3 is 12.1 Å². The van der Waals surface area contributed by atoms with Gasteiger partial charge in [0, 0.05) is 57.1 Å². The quantitative estimate of drug-likeness (QED) is 0.383. The summed E-state index contributed by atoms with van der Waals surface area (Å²) < 4.78 is 32.4. The molecule has 1 aromatic heterocycles. The molecule has 2 saturated heterocycles. The molecule has 0 spiro atoms. The predicted molar refractivity (Wildman–Crippen MR) is 169 cm³/mol. The first-order valence-corrected chi connectivity index (χ1v) is 16.3. The van der Waals surface area contributed by atoms with Gasteiger partial charge in [0.1, 0.15) is 6.07 Å². The molecule has 0 unspecified atom stereocenters. The maximum absolute atomic E-state index is 13.5. The molecule has 1 aliphatic carbocycles. The molecule has 3 fully saturated rings. The number of piperazine rings is 1. The number of nitrogens with zero attached hydrogens (tertiary/aromatic N) is 7. The Labute approximate surface area is 275 Å². The molecule has 11 nitrogen and oxygen atoms in total. The zero-order chi connectivity index (χ0) is 33.3. The van der Waals surface area contributed by atoms with Crippen molar-refractivity contribution in [2.75, 3.05) is 57.9 Å². The van der Waals surface area contributed by atoms with Crippen molar-refractivity contribution in [1.82, 2.24) is 30.1 Å². The number of carbonyl (C=O) groups is 2. The van der Waals surface area contributed by atoms with Crippen LogP contribution in [0.4, 0.5) is 19.0 Å². The number of aliphatic carboxylic acids is 1. The van der Waals surface area contributed by atoms with E-state index in [0.29, 0.717) is 34.4 Å². The number of aromatic nitrogens is 2. The summed E-state index contributed by atoms with van der Waals surface area (Å²) in [6.45, 7) is 8.37. The summed E-state index contributed by atoms with van der Waals surface area (Å²) in [5.41, 5.74) is 4.86. The third kappa shape index (κ3) is 10.3. The molecule has 5 rings (SSSR count). The highest BCUT2D eigenvalue weighted by atomic mass is 79.9. The summed E-state index contributed by atoms with van der Waals surface area (Å²) >= 11 is 3.52. The number of carboxylic acids is 1. The molecular weight excluding hydrogens is 669 g/mol. The Kier molecular flexibility index (Phi) is 12.7. The van der Waals surface area contributed by atoms with Crippen LogP contribution in [0.25, 0.3) is 0 Å². The smallest absolute Gasteiger partial charge is 0.475 e. The number of nitrogens with one attached hydrogen (secondary N) is 1. The summed E-state index contributed by atoms with van der Waals surface area (Å²) in [7, 11) is 2.21. The summed E-state index contributed by atoms with van der Waals surface area (Å²) in [6.07, 6.45) is 3.56. The number of amides is 1. The fourth-order valence-corrected chi connectivity index (χ4v) is 6.53. The number of likely N-dealkylation sites (N-methyl/N-ethyl adjacent to an activating group) is 1. The summed E-state index contributed by atoms with van der Waals surface area (Å²) in [5, 5.41) is 18.2. The average Bonchev–Trinajstić information content (AvgIpc) is 3.55. The van der Waals surface area contributed by atoms with Crippen molar-refractivity contribution in [2.45, 2.75) is 57.3 Å². The van der Waals surface area contributed by atoms with Gasteiger partial charge in [0.15, 0.2) is 5.82 Å². The second kappa shape index (κ2) is 16.5. The van der Waals surface area contributed by atoms with E-state index in [1.165, 1.54) is 51.9 Å². The summed E-state index contributed by atoms with van der Waals surface area (Å²) in [4.78, 5) is 38.4. The number of hydrogen-bond acceptors (Lipinski definition) is 9. The number of carboxylic acid groups (broad SMARTS) is 1. The Hall–Kier alpha value is -3.32. The molecule has 3 aliphatic rings. The number of carbonyl (C=O) groups excluding carboxylic acids is 1. The molecule has 3 heterocycles. The molecule has 1 saturated carbocycles. The summed E-state index contributed by atoms with van der Waals surface area (Å²) in [6, 6.07) is 10.6. The Morgan fingerprint density at radius 1 is 1.11 bits per heavy atom. The van der Waals surface area contributed by atoms with E-state index in [2.05, 4.69) is 59.1 Å². The minimum atomic E-state index is -5.08. The lowest BCUT2D eigenvalue weighted by Crippen LogP contribution is -2.52. The maximum atomic E-state index is 13.5. The molecule has 0 radical (unpaired) electrons. The molecule has 15 heteroatoms. The van der Waals surface area contributed by atoms with Crippen molar-refractivity contribution in [3.05, 3.63) is 51.9 Å². The molecule has 1 aromatic carbocycles.